The van der Waals surface area contributed by atoms with Crippen LogP contribution in [0.4, 0.5) is 0 Å². The SMILES string of the molecule is CC[C@@H]1OC(=O)[C@H](C)[C@@H](O[C@H]2C[C@@](C)(OC)[C@@H](OC(C)=O)[C@H](C)O2)[C@H](C)[C@@H](O[C@@H]2O[C@H](C)C[C@H](N(C)C)[C@H]2O)C(C)(O)C[C@@H](C)/C(=N\OCc2ccccc2)[C@@H](C)[C@@H](O)[C@]1(C)O. The maximum atomic E-state index is 14.5. The van der Waals surface area contributed by atoms with Crippen LogP contribution in [0.3, 0.4) is 0 Å². The Morgan fingerprint density at radius 1 is 0.935 bits per heavy atom. The minimum absolute atomic E-state index is 0.0181. The first-order valence-electron chi connectivity index (χ1n) is 22.1. The van der Waals surface area contributed by atoms with E-state index >= 15 is 0 Å². The number of likely N-dealkylation sites (N-methyl/N-ethyl adjacent to an activating group) is 1. The number of cyclic esters (lactones) is 1. The van der Waals surface area contributed by atoms with E-state index < -0.39 is 108 Å². The van der Waals surface area contributed by atoms with Gasteiger partial charge in [-0.05, 0) is 80.5 Å². The van der Waals surface area contributed by atoms with Gasteiger partial charge in [0.25, 0.3) is 0 Å². The molecule has 3 fully saturated rings. The molecule has 3 aliphatic rings. The largest absolute Gasteiger partial charge is 0.459 e. The number of aliphatic hydroxyl groups is 4. The Bertz CT molecular complexity index is 1630. The van der Waals surface area contributed by atoms with Crippen molar-refractivity contribution in [2.24, 2.45) is 28.8 Å². The molecule has 0 amide bonds. The van der Waals surface area contributed by atoms with E-state index in [0.29, 0.717) is 12.1 Å². The van der Waals surface area contributed by atoms with Crippen LogP contribution in [0.1, 0.15) is 107 Å². The highest BCUT2D eigenvalue weighted by atomic mass is 16.7. The lowest BCUT2D eigenvalue weighted by molar-refractivity contribution is -0.318. The van der Waals surface area contributed by atoms with Crippen LogP contribution >= 0.6 is 0 Å². The fraction of sp³-hybridized carbons (Fsp3) is 0.804. The highest BCUT2D eigenvalue weighted by molar-refractivity contribution is 5.88. The predicted molar refractivity (Wildman–Crippen MR) is 229 cm³/mol. The van der Waals surface area contributed by atoms with Crippen molar-refractivity contribution < 1.29 is 68.0 Å². The summed E-state index contributed by atoms with van der Waals surface area (Å²) in [5.41, 5.74) is -3.59. The maximum absolute atomic E-state index is 14.5. The first-order valence-corrected chi connectivity index (χ1v) is 22.1. The zero-order chi connectivity index (χ0) is 46.5. The first-order chi connectivity index (χ1) is 28.9. The van der Waals surface area contributed by atoms with Gasteiger partial charge in [0.05, 0.1) is 47.8 Å². The Hall–Kier alpha value is -2.77. The van der Waals surface area contributed by atoms with E-state index in [1.807, 2.05) is 63.2 Å². The van der Waals surface area contributed by atoms with Gasteiger partial charge in [-0.1, -0.05) is 63.2 Å². The molecular weight excluding hydrogens is 805 g/mol. The second-order valence-electron chi connectivity index (χ2n) is 18.9. The van der Waals surface area contributed by atoms with Crippen molar-refractivity contribution in [3.8, 4) is 0 Å². The lowest BCUT2D eigenvalue weighted by atomic mass is 9.73. The third-order valence-electron chi connectivity index (χ3n) is 13.4. The molecule has 0 saturated carbocycles. The van der Waals surface area contributed by atoms with Crippen molar-refractivity contribution in [2.75, 3.05) is 21.2 Å². The standard InChI is InChI=1S/C46H76N2O14/c1-15-34-46(11,54)39(51)27(4)36(47-56-24-32-19-17-16-18-20-32)25(2)22-44(9,53)40(62-43-37(50)33(48(12)13)21-26(3)57-43)28(5)38(29(6)42(52)60-34)61-35-23-45(10,55-14)41(30(7)58-35)59-31(8)49/h16-20,25-30,33-35,37-41,43,50-51,53-54H,15,21-24H2,1-14H3/b47-36+/t25-,26-,27-,28+,29-,30+,33+,34+,35+,37-,38+,39-,40-,41+,43+,44?,45-,46-/m1/s1. The Kier molecular flexibility index (Phi) is 18.0. The number of ether oxygens (including phenoxy) is 7. The quantitative estimate of drug-likeness (QED) is 0.180. The molecule has 16 nitrogen and oxygen atoms in total. The monoisotopic (exact) mass is 881 g/mol. The smallest absolute Gasteiger partial charge is 0.311 e. The van der Waals surface area contributed by atoms with E-state index in [-0.39, 0.29) is 38.0 Å². The second-order valence-corrected chi connectivity index (χ2v) is 18.9. The molecule has 0 radical (unpaired) electrons. The molecule has 0 aromatic heterocycles. The summed E-state index contributed by atoms with van der Waals surface area (Å²) in [6, 6.07) is 9.11. The summed E-state index contributed by atoms with van der Waals surface area (Å²) >= 11 is 0. The Morgan fingerprint density at radius 3 is 2.16 bits per heavy atom. The summed E-state index contributed by atoms with van der Waals surface area (Å²) in [6.07, 6.45) is -9.36. The molecule has 354 valence electrons. The molecule has 62 heavy (non-hydrogen) atoms. The number of carbonyl (C=O) groups is 2. The number of nitrogens with zero attached hydrogens (tertiary/aromatic N) is 2. The number of carbonyl (C=O) groups excluding carboxylic acids is 2. The molecule has 1 aromatic carbocycles. The molecular formula is C46H76N2O14. The average molecular weight is 881 g/mol. The Labute approximate surface area is 368 Å². The van der Waals surface area contributed by atoms with Crippen LogP contribution in [-0.4, -0.2) is 148 Å². The van der Waals surface area contributed by atoms with Crippen LogP contribution in [-0.2, 0) is 54.2 Å². The van der Waals surface area contributed by atoms with Gasteiger partial charge in [0.15, 0.2) is 18.7 Å². The molecule has 3 aliphatic heterocycles. The lowest BCUT2D eigenvalue weighted by Crippen LogP contribution is -2.61. The topological polar surface area (TPSA) is 204 Å². The van der Waals surface area contributed by atoms with Crippen LogP contribution in [0.2, 0.25) is 0 Å². The number of methoxy groups -OCH3 is 1. The molecule has 16 heteroatoms. The normalized spacial score (nSPS) is 43.4. The van der Waals surface area contributed by atoms with Crippen LogP contribution < -0.4 is 0 Å². The molecule has 4 rings (SSSR count). The number of esters is 2. The highest BCUT2D eigenvalue weighted by Gasteiger charge is 2.54. The van der Waals surface area contributed by atoms with E-state index in [4.69, 9.17) is 38.0 Å². The second kappa shape index (κ2) is 21.5. The molecule has 0 spiro atoms. The van der Waals surface area contributed by atoms with E-state index in [1.54, 1.807) is 48.5 Å². The van der Waals surface area contributed by atoms with Gasteiger partial charge in [-0.25, -0.2) is 0 Å². The number of benzene rings is 1. The number of rotatable bonds is 11. The highest BCUT2D eigenvalue weighted by Crippen LogP contribution is 2.41. The molecule has 1 aromatic rings. The lowest BCUT2D eigenvalue weighted by Gasteiger charge is -2.49. The predicted octanol–water partition coefficient (Wildman–Crippen LogP) is 4.36. The summed E-state index contributed by atoms with van der Waals surface area (Å²) in [5.74, 6) is -4.64. The van der Waals surface area contributed by atoms with Crippen LogP contribution in [0, 0.1) is 23.7 Å². The van der Waals surface area contributed by atoms with Crippen molar-refractivity contribution in [2.45, 2.75) is 193 Å². The summed E-state index contributed by atoms with van der Waals surface area (Å²) < 4.78 is 43.9. The summed E-state index contributed by atoms with van der Waals surface area (Å²) in [7, 11) is 5.24. The molecule has 3 heterocycles. The van der Waals surface area contributed by atoms with E-state index in [9.17, 15) is 30.0 Å². The fourth-order valence-corrected chi connectivity index (χ4v) is 9.74. The van der Waals surface area contributed by atoms with E-state index in [0.717, 1.165) is 5.56 Å². The summed E-state index contributed by atoms with van der Waals surface area (Å²) in [6.45, 7) is 18.6. The van der Waals surface area contributed by atoms with Gasteiger partial charge in [0, 0.05) is 44.2 Å². The van der Waals surface area contributed by atoms with Crippen LogP contribution in [0.25, 0.3) is 0 Å². The third-order valence-corrected chi connectivity index (χ3v) is 13.4. The van der Waals surface area contributed by atoms with Crippen molar-refractivity contribution in [1.82, 2.24) is 4.90 Å². The summed E-state index contributed by atoms with van der Waals surface area (Å²) in [5, 5.41) is 53.2. The molecule has 4 N–H and O–H groups in total. The molecule has 18 atom stereocenters. The zero-order valence-electron chi connectivity index (χ0n) is 39.3. The van der Waals surface area contributed by atoms with Crippen molar-refractivity contribution >= 4 is 17.7 Å². The van der Waals surface area contributed by atoms with E-state index in [1.165, 1.54) is 21.0 Å². The minimum atomic E-state index is -1.97. The molecule has 0 aliphatic carbocycles. The van der Waals surface area contributed by atoms with Gasteiger partial charge in [0.1, 0.15) is 30.0 Å². The van der Waals surface area contributed by atoms with Gasteiger partial charge >= 0.3 is 11.9 Å². The van der Waals surface area contributed by atoms with Crippen LogP contribution in [0.15, 0.2) is 35.5 Å². The van der Waals surface area contributed by atoms with Crippen molar-refractivity contribution in [3.05, 3.63) is 35.9 Å². The third kappa shape index (κ3) is 12.1. The maximum Gasteiger partial charge on any atom is 0.311 e. The fourth-order valence-electron chi connectivity index (χ4n) is 9.74. The summed E-state index contributed by atoms with van der Waals surface area (Å²) in [4.78, 5) is 34.4. The number of aliphatic hydroxyl groups excluding tert-OH is 2. The average Bonchev–Trinajstić information content (AvgIpc) is 3.20. The van der Waals surface area contributed by atoms with Gasteiger partial charge in [0.2, 0.25) is 0 Å². The van der Waals surface area contributed by atoms with Gasteiger partial charge < -0.3 is 63.3 Å². The first kappa shape index (κ1) is 51.9. The van der Waals surface area contributed by atoms with Gasteiger partial charge in [-0.2, -0.15) is 0 Å². The molecule has 0 bridgehead atoms. The Balaban J connectivity index is 1.87. The van der Waals surface area contributed by atoms with Crippen molar-refractivity contribution in [3.63, 3.8) is 0 Å². The molecule has 1 unspecified atom stereocenters. The van der Waals surface area contributed by atoms with Crippen molar-refractivity contribution in [1.29, 1.82) is 0 Å². The van der Waals surface area contributed by atoms with Gasteiger partial charge in [-0.15, -0.1) is 0 Å². The minimum Gasteiger partial charge on any atom is -0.459 e. The Morgan fingerprint density at radius 2 is 1.58 bits per heavy atom. The number of hydrogen-bond acceptors (Lipinski definition) is 16. The number of hydrogen-bond donors (Lipinski definition) is 4. The van der Waals surface area contributed by atoms with Gasteiger partial charge in [-0.3, -0.25) is 9.59 Å². The zero-order valence-corrected chi connectivity index (χ0v) is 39.3. The van der Waals surface area contributed by atoms with E-state index in [2.05, 4.69) is 5.16 Å². The van der Waals surface area contributed by atoms with Crippen LogP contribution in [0.5, 0.6) is 0 Å². The molecule has 3 saturated heterocycles. The number of oxime groups is 1.